The predicted octanol–water partition coefficient (Wildman–Crippen LogP) is 6.77. The number of aryl methyl sites for hydroxylation is 1. The summed E-state index contributed by atoms with van der Waals surface area (Å²) in [5.41, 5.74) is 8.91. The van der Waals surface area contributed by atoms with Gasteiger partial charge in [-0.1, -0.05) is 72.3 Å². The molecule has 1 N–H and O–H groups in total. The third-order valence-corrected chi connectivity index (χ3v) is 6.46. The van der Waals surface area contributed by atoms with Crippen molar-refractivity contribution in [1.29, 1.82) is 0 Å². The minimum atomic E-state index is -0.234. The molecule has 0 heterocycles. The van der Waals surface area contributed by atoms with Crippen molar-refractivity contribution in [3.8, 4) is 5.75 Å². The maximum absolute atomic E-state index is 12.4. The lowest BCUT2D eigenvalue weighted by Gasteiger charge is -2.07. The van der Waals surface area contributed by atoms with Crippen LogP contribution in [0.1, 0.15) is 38.2 Å². The van der Waals surface area contributed by atoms with Gasteiger partial charge in [-0.3, -0.25) is 4.79 Å². The van der Waals surface area contributed by atoms with Crippen LogP contribution in [-0.4, -0.2) is 12.1 Å². The van der Waals surface area contributed by atoms with Gasteiger partial charge >= 0.3 is 0 Å². The third kappa shape index (κ3) is 7.87. The summed E-state index contributed by atoms with van der Waals surface area (Å²) in [4.78, 5) is 12.4. The molecule has 35 heavy (non-hydrogen) atoms. The first-order chi connectivity index (χ1) is 17.2. The van der Waals surface area contributed by atoms with Crippen molar-refractivity contribution in [2.24, 2.45) is 5.10 Å². The Morgan fingerprint density at radius 1 is 0.800 bits per heavy atom. The highest BCUT2D eigenvalue weighted by molar-refractivity contribution is 7.97. The summed E-state index contributed by atoms with van der Waals surface area (Å²) in [5.74, 6) is 2.42. The Kier molecular flexibility index (Phi) is 8.74. The highest BCUT2D eigenvalue weighted by Crippen LogP contribution is 2.18. The number of nitrogens with zero attached hydrogens (tertiary/aromatic N) is 1. The molecule has 0 bridgehead atoms. The largest absolute Gasteiger partial charge is 0.489 e. The maximum atomic E-state index is 12.4. The van der Waals surface area contributed by atoms with Gasteiger partial charge in [0.2, 0.25) is 0 Å². The fourth-order valence-electron chi connectivity index (χ4n) is 3.34. The molecule has 4 aromatic rings. The van der Waals surface area contributed by atoms with Crippen molar-refractivity contribution < 1.29 is 9.53 Å². The fraction of sp³-hybridized carbons (Fsp3) is 0.133. The summed E-state index contributed by atoms with van der Waals surface area (Å²) in [7, 11) is 0. The van der Waals surface area contributed by atoms with Gasteiger partial charge in [-0.15, -0.1) is 0 Å². The molecular weight excluding hydrogens is 452 g/mol. The highest BCUT2D eigenvalue weighted by Gasteiger charge is 2.04. The van der Waals surface area contributed by atoms with E-state index in [1.807, 2.05) is 66.4 Å². The van der Waals surface area contributed by atoms with Crippen LogP contribution in [0.5, 0.6) is 5.75 Å². The van der Waals surface area contributed by atoms with E-state index in [1.54, 1.807) is 6.21 Å². The van der Waals surface area contributed by atoms with E-state index in [4.69, 9.17) is 4.74 Å². The summed E-state index contributed by atoms with van der Waals surface area (Å²) in [6.45, 7) is 2.59. The van der Waals surface area contributed by atoms with Gasteiger partial charge in [-0.25, -0.2) is 5.43 Å². The van der Waals surface area contributed by atoms with Crippen molar-refractivity contribution >= 4 is 23.9 Å². The van der Waals surface area contributed by atoms with E-state index >= 15 is 0 Å². The Bertz CT molecular complexity index is 1240. The van der Waals surface area contributed by atoms with E-state index in [9.17, 15) is 4.79 Å². The summed E-state index contributed by atoms with van der Waals surface area (Å²) >= 11 is 1.86. The fourth-order valence-corrected chi connectivity index (χ4v) is 4.30. The second-order valence-electron chi connectivity index (χ2n) is 8.22. The van der Waals surface area contributed by atoms with E-state index in [-0.39, 0.29) is 5.91 Å². The van der Waals surface area contributed by atoms with Crippen LogP contribution in [-0.2, 0) is 18.1 Å². The van der Waals surface area contributed by atoms with E-state index < -0.39 is 0 Å². The van der Waals surface area contributed by atoms with Crippen LogP contribution in [0.2, 0.25) is 0 Å². The van der Waals surface area contributed by atoms with E-state index in [1.165, 1.54) is 16.7 Å². The molecule has 5 heteroatoms. The number of carbonyl (C=O) groups is 1. The van der Waals surface area contributed by atoms with E-state index in [0.29, 0.717) is 12.2 Å². The molecule has 0 radical (unpaired) electrons. The number of nitrogens with one attached hydrogen (secondary N) is 1. The van der Waals surface area contributed by atoms with Crippen LogP contribution in [0.15, 0.2) is 108 Å². The number of hydrogen-bond acceptors (Lipinski definition) is 4. The zero-order valence-electron chi connectivity index (χ0n) is 19.7. The van der Waals surface area contributed by atoms with Crippen LogP contribution in [0.25, 0.3) is 0 Å². The topological polar surface area (TPSA) is 50.7 Å². The lowest BCUT2D eigenvalue weighted by Crippen LogP contribution is -2.17. The second kappa shape index (κ2) is 12.6. The van der Waals surface area contributed by atoms with Gasteiger partial charge in [0, 0.05) is 17.1 Å². The average molecular weight is 481 g/mol. The summed E-state index contributed by atoms with van der Waals surface area (Å²) < 4.78 is 5.83. The SMILES string of the molecule is Cc1ccc(COc2ccc(/C=N\NC(=O)c3ccc(CSCc4ccccc4)cc3)cc2)cc1. The highest BCUT2D eigenvalue weighted by atomic mass is 32.2. The van der Waals surface area contributed by atoms with Crippen LogP contribution in [0, 0.1) is 6.92 Å². The molecule has 0 aliphatic carbocycles. The molecule has 0 saturated heterocycles. The Labute approximate surface area is 211 Å². The van der Waals surface area contributed by atoms with Crippen LogP contribution >= 0.6 is 11.8 Å². The lowest BCUT2D eigenvalue weighted by atomic mass is 10.1. The maximum Gasteiger partial charge on any atom is 0.271 e. The van der Waals surface area contributed by atoms with Crippen molar-refractivity contribution in [1.82, 2.24) is 5.43 Å². The molecule has 0 unspecified atom stereocenters. The van der Waals surface area contributed by atoms with Crippen molar-refractivity contribution in [2.45, 2.75) is 25.0 Å². The average Bonchev–Trinajstić information content (AvgIpc) is 2.90. The minimum absolute atomic E-state index is 0.234. The Morgan fingerprint density at radius 3 is 2.11 bits per heavy atom. The lowest BCUT2D eigenvalue weighted by molar-refractivity contribution is 0.0955. The first-order valence-electron chi connectivity index (χ1n) is 11.5. The molecule has 4 nitrogen and oxygen atoms in total. The monoisotopic (exact) mass is 480 g/mol. The molecule has 176 valence electrons. The van der Waals surface area contributed by atoms with Gasteiger partial charge in [0.05, 0.1) is 6.21 Å². The summed E-state index contributed by atoms with van der Waals surface area (Å²) in [6, 6.07) is 34.0. The summed E-state index contributed by atoms with van der Waals surface area (Å²) in [5, 5.41) is 4.09. The molecule has 4 rings (SSSR count). The minimum Gasteiger partial charge on any atom is -0.489 e. The van der Waals surface area contributed by atoms with E-state index in [2.05, 4.69) is 66.0 Å². The van der Waals surface area contributed by atoms with Crippen LogP contribution in [0.4, 0.5) is 0 Å². The number of amides is 1. The van der Waals surface area contributed by atoms with Gasteiger partial charge in [0.15, 0.2) is 0 Å². The number of hydrogen-bond donors (Lipinski definition) is 1. The molecule has 0 aliphatic heterocycles. The molecule has 0 atom stereocenters. The molecule has 0 saturated carbocycles. The normalized spacial score (nSPS) is 10.9. The number of hydrazone groups is 1. The van der Waals surface area contributed by atoms with Gasteiger partial charge in [-0.05, 0) is 65.6 Å². The molecule has 1 amide bonds. The first-order valence-corrected chi connectivity index (χ1v) is 12.6. The number of thioether (sulfide) groups is 1. The molecule has 0 fully saturated rings. The van der Waals surface area contributed by atoms with Crippen LogP contribution in [0.3, 0.4) is 0 Å². The Morgan fingerprint density at radius 2 is 1.43 bits per heavy atom. The number of rotatable bonds is 10. The third-order valence-electron chi connectivity index (χ3n) is 5.38. The molecule has 0 spiro atoms. The standard InChI is InChI=1S/C30H28N2O2S/c1-23-7-9-25(10-8-23)20-34-29-17-13-24(14-18-29)19-31-32-30(33)28-15-11-27(12-16-28)22-35-21-26-5-3-2-4-6-26/h2-19H,20-22H2,1H3,(H,32,33)/b31-19-. The van der Waals surface area contributed by atoms with Gasteiger partial charge in [-0.2, -0.15) is 16.9 Å². The Hall–Kier alpha value is -3.83. The van der Waals surface area contributed by atoms with Gasteiger partial charge in [0.1, 0.15) is 12.4 Å². The number of benzene rings is 4. The first kappa shape index (κ1) is 24.3. The summed E-state index contributed by atoms with van der Waals surface area (Å²) in [6.07, 6.45) is 1.62. The quantitative estimate of drug-likeness (QED) is 0.201. The van der Waals surface area contributed by atoms with Crippen molar-refractivity contribution in [2.75, 3.05) is 0 Å². The van der Waals surface area contributed by atoms with E-state index in [0.717, 1.165) is 28.4 Å². The van der Waals surface area contributed by atoms with Crippen LogP contribution < -0.4 is 10.2 Å². The molecule has 0 aromatic heterocycles. The molecular formula is C30H28N2O2S. The second-order valence-corrected chi connectivity index (χ2v) is 9.20. The van der Waals surface area contributed by atoms with Crippen molar-refractivity contribution in [3.63, 3.8) is 0 Å². The number of carbonyl (C=O) groups excluding carboxylic acids is 1. The zero-order chi connectivity index (χ0) is 24.3. The predicted molar refractivity (Wildman–Crippen MR) is 145 cm³/mol. The van der Waals surface area contributed by atoms with Crippen molar-refractivity contribution in [3.05, 3.63) is 137 Å². The molecule has 4 aromatic carbocycles. The molecule has 0 aliphatic rings. The number of ether oxygens (including phenoxy) is 1. The smallest absolute Gasteiger partial charge is 0.271 e. The zero-order valence-corrected chi connectivity index (χ0v) is 20.5. The van der Waals surface area contributed by atoms with Gasteiger partial charge < -0.3 is 4.74 Å². The Balaban J connectivity index is 1.20. The van der Waals surface area contributed by atoms with Gasteiger partial charge in [0.25, 0.3) is 5.91 Å².